The highest BCUT2D eigenvalue weighted by molar-refractivity contribution is 7.87. The van der Waals surface area contributed by atoms with Gasteiger partial charge in [-0.05, 0) is 192 Å². The van der Waals surface area contributed by atoms with Crippen LogP contribution >= 0.6 is 0 Å². The molecule has 14 bridgehead atoms. The van der Waals surface area contributed by atoms with Crippen LogP contribution in [0.2, 0.25) is 0 Å². The molecule has 0 aromatic heterocycles. The van der Waals surface area contributed by atoms with Gasteiger partial charge in [0.2, 0.25) is 6.29 Å². The van der Waals surface area contributed by atoms with E-state index >= 15 is 0 Å². The minimum atomic E-state index is -3.43. The Labute approximate surface area is 521 Å². The highest BCUT2D eigenvalue weighted by Crippen LogP contribution is 2.68. The quantitative estimate of drug-likeness (QED) is 0.0480. The molecule has 3 heterocycles. The van der Waals surface area contributed by atoms with Crippen LogP contribution in [0.15, 0.2) is 60.8 Å². The SMILES string of the molecule is C=C(C)C(=O)OC(C)OC1CC2CC1C1C3CCC(C3)C21.C=C(C)C(=O)OC12CC3CC(CC(O)(C3)C1)C2.C=C(C)C(=O)OC1C2CC3C(=O)OC1C3C2.C=C(C)C(=O)OC1C2CC3C1OC(=O)C3(C#N)C2.C=C(C)C(=O)OC1C2CC3C1OS(=O)(=O)C3C2. The third kappa shape index (κ3) is 11.2. The summed E-state index contributed by atoms with van der Waals surface area (Å²) in [6.45, 7) is 27.8. The van der Waals surface area contributed by atoms with E-state index in [1.807, 2.05) is 6.92 Å². The van der Waals surface area contributed by atoms with Crippen LogP contribution in [0.25, 0.3) is 0 Å². The molecule has 484 valence electrons. The first kappa shape index (κ1) is 63.5. The summed E-state index contributed by atoms with van der Waals surface area (Å²) in [5.74, 6) is 4.79. The Kier molecular flexibility index (Phi) is 16.5. The van der Waals surface area contributed by atoms with Gasteiger partial charge in [0.25, 0.3) is 10.1 Å². The first-order valence-corrected chi connectivity index (χ1v) is 33.9. The average molecular weight is 1250 g/mol. The summed E-state index contributed by atoms with van der Waals surface area (Å²) in [6, 6.07) is 2.11. The van der Waals surface area contributed by atoms with Gasteiger partial charge in [-0.1, -0.05) is 32.9 Å². The number of hydrogen-bond donors (Lipinski definition) is 1. The van der Waals surface area contributed by atoms with Gasteiger partial charge in [-0.2, -0.15) is 13.7 Å². The summed E-state index contributed by atoms with van der Waals surface area (Å²) < 4.78 is 72.1. The molecular formula is C68H87NO19S. The number of hydrogen-bond acceptors (Lipinski definition) is 20. The summed E-state index contributed by atoms with van der Waals surface area (Å²) in [5.41, 5.74) is -0.0165. The fourth-order valence-corrected chi connectivity index (χ4v) is 22.7. The van der Waals surface area contributed by atoms with Gasteiger partial charge in [-0.25, -0.2) is 24.0 Å². The van der Waals surface area contributed by atoms with Crippen molar-refractivity contribution in [2.24, 2.45) is 94.2 Å². The van der Waals surface area contributed by atoms with Crippen LogP contribution in [-0.4, -0.2) is 121 Å². The minimum Gasteiger partial charge on any atom is -0.458 e. The second-order valence-electron chi connectivity index (χ2n) is 30.0. The summed E-state index contributed by atoms with van der Waals surface area (Å²) in [6.07, 6.45) is 14.4. The Bertz CT molecular complexity index is 3200. The smallest absolute Gasteiger partial charge is 0.335 e. The number of fused-ring (bicyclic) bond motifs is 12. The molecule has 0 spiro atoms. The minimum absolute atomic E-state index is 0.00733. The van der Waals surface area contributed by atoms with Crippen molar-refractivity contribution in [1.29, 1.82) is 5.26 Å². The number of carbonyl (C=O) groups is 7. The van der Waals surface area contributed by atoms with E-state index in [4.69, 9.17) is 42.1 Å². The predicted octanol–water partition coefficient (Wildman–Crippen LogP) is 8.34. The molecule has 17 fully saturated rings. The first-order valence-electron chi connectivity index (χ1n) is 32.4. The van der Waals surface area contributed by atoms with Gasteiger partial charge in [0.1, 0.15) is 42.2 Å². The molecule has 0 amide bonds. The molecule has 17 aliphatic rings. The van der Waals surface area contributed by atoms with Crippen molar-refractivity contribution in [3.63, 3.8) is 0 Å². The first-order chi connectivity index (χ1) is 41.9. The number of rotatable bonds is 12. The molecule has 17 rings (SSSR count). The van der Waals surface area contributed by atoms with Gasteiger partial charge in [0.15, 0.2) is 5.41 Å². The Morgan fingerprint density at radius 1 is 0.596 bits per heavy atom. The number of nitriles is 1. The zero-order chi connectivity index (χ0) is 63.9. The number of aliphatic hydroxyl groups is 1. The monoisotopic (exact) mass is 1250 g/mol. The van der Waals surface area contributed by atoms with Gasteiger partial charge in [-0.15, -0.1) is 0 Å². The zero-order valence-corrected chi connectivity index (χ0v) is 52.9. The predicted molar refractivity (Wildman–Crippen MR) is 314 cm³/mol. The van der Waals surface area contributed by atoms with Crippen LogP contribution in [-0.2, 0) is 85.8 Å². The lowest BCUT2D eigenvalue weighted by atomic mass is 9.52. The van der Waals surface area contributed by atoms with Crippen LogP contribution in [0.3, 0.4) is 0 Å². The van der Waals surface area contributed by atoms with E-state index in [0.717, 1.165) is 86.9 Å². The van der Waals surface area contributed by atoms with Crippen molar-refractivity contribution in [2.75, 3.05) is 0 Å². The summed E-state index contributed by atoms with van der Waals surface area (Å²) in [4.78, 5) is 81.1. The molecular weight excluding hydrogens is 1170 g/mol. The molecule has 14 saturated carbocycles. The number of esters is 7. The highest BCUT2D eigenvalue weighted by Gasteiger charge is 2.73. The second kappa shape index (κ2) is 23.2. The van der Waals surface area contributed by atoms with Crippen molar-refractivity contribution in [2.45, 2.75) is 216 Å². The standard InChI is InChI=1S/C18H26O3.C14H20O3.C13H13NO4.C12H14O4.C11H14O5S/c1-9(2)18(19)21-10(3)20-15-8-13-7-14(15)17-12-5-4-11(6-12)16(13)17;1-9(2)12(15)17-14-6-10-3-11(7-14)5-13(16,4-10)8-14;1-6(2)11(15)17-9-7-3-8-10(9)18-12(16)13(8,4-7)5-14;1-5(2)11(13)15-9-6-3-7-8(4-6)12(14)16-10(7)9;1-5(2)11(12)15-9-6-3-7-8(4-6)17(13,14)16-10(7)9/h10-17H,1,4-8H2,2-3H3;10-11,16H,1,3-8H2,2H3;7-10H,1,3-4H2,2H3;6-10H,1,3-4H2,2H3;6-10H,1,3-4H2,2H3. The van der Waals surface area contributed by atoms with Gasteiger partial charge in [0, 0.05) is 69.8 Å². The fourth-order valence-electron chi connectivity index (χ4n) is 20.8. The molecule has 25 atom stereocenters. The van der Waals surface area contributed by atoms with Gasteiger partial charge < -0.3 is 43.0 Å². The molecule has 0 aromatic carbocycles. The molecule has 1 N–H and O–H groups in total. The van der Waals surface area contributed by atoms with E-state index in [1.165, 1.54) is 38.5 Å². The third-order valence-electron chi connectivity index (χ3n) is 23.7. The lowest BCUT2D eigenvalue weighted by Gasteiger charge is -2.59. The maximum atomic E-state index is 11.8. The molecule has 25 unspecified atom stereocenters. The lowest BCUT2D eigenvalue weighted by molar-refractivity contribution is -0.217. The van der Waals surface area contributed by atoms with Gasteiger partial charge >= 0.3 is 41.8 Å². The number of carbonyl (C=O) groups excluding carboxylic acids is 7. The van der Waals surface area contributed by atoms with Crippen LogP contribution in [0.4, 0.5) is 0 Å². The van der Waals surface area contributed by atoms with Crippen LogP contribution in [0.1, 0.15) is 151 Å². The van der Waals surface area contributed by atoms with E-state index in [2.05, 4.69) is 39.0 Å². The van der Waals surface area contributed by atoms with Crippen molar-refractivity contribution in [3.05, 3.63) is 60.8 Å². The normalized spacial score (nSPS) is 45.3. The zero-order valence-electron chi connectivity index (χ0n) is 52.1. The van der Waals surface area contributed by atoms with E-state index in [0.29, 0.717) is 71.0 Å². The molecule has 0 radical (unpaired) electrons. The lowest BCUT2D eigenvalue weighted by Crippen LogP contribution is -2.60. The van der Waals surface area contributed by atoms with Gasteiger partial charge in [0.05, 0.1) is 28.9 Å². The summed E-state index contributed by atoms with van der Waals surface area (Å²) in [7, 11) is -3.43. The number of nitrogens with zero attached hydrogens (tertiary/aromatic N) is 1. The Hall–Kier alpha value is -5.69. The summed E-state index contributed by atoms with van der Waals surface area (Å²) >= 11 is 0. The third-order valence-corrected chi connectivity index (χ3v) is 25.4. The molecule has 0 aromatic rings. The molecule has 3 aliphatic heterocycles. The molecule has 14 aliphatic carbocycles. The van der Waals surface area contributed by atoms with Gasteiger partial charge in [-0.3, -0.25) is 13.8 Å². The highest BCUT2D eigenvalue weighted by atomic mass is 32.2. The van der Waals surface area contributed by atoms with Crippen molar-refractivity contribution in [3.8, 4) is 6.07 Å². The van der Waals surface area contributed by atoms with E-state index < -0.39 is 75.3 Å². The van der Waals surface area contributed by atoms with E-state index in [9.17, 15) is 52.3 Å². The molecule has 3 saturated heterocycles. The van der Waals surface area contributed by atoms with Crippen molar-refractivity contribution >= 4 is 51.9 Å². The maximum absolute atomic E-state index is 11.8. The Balaban J connectivity index is 0.000000108. The Morgan fingerprint density at radius 2 is 1.15 bits per heavy atom. The topological polar surface area (TPSA) is 281 Å². The maximum Gasteiger partial charge on any atom is 0.335 e. The van der Waals surface area contributed by atoms with Crippen LogP contribution < -0.4 is 0 Å². The second-order valence-corrected chi connectivity index (χ2v) is 31.7. The van der Waals surface area contributed by atoms with Crippen LogP contribution in [0.5, 0.6) is 0 Å². The molecule has 89 heavy (non-hydrogen) atoms. The van der Waals surface area contributed by atoms with Crippen molar-refractivity contribution < 1.29 is 89.2 Å². The Morgan fingerprint density at radius 3 is 1.73 bits per heavy atom. The average Bonchev–Trinajstić information content (AvgIpc) is 1.65. The van der Waals surface area contributed by atoms with Crippen molar-refractivity contribution in [1.82, 2.24) is 0 Å². The van der Waals surface area contributed by atoms with E-state index in [-0.39, 0.29) is 76.8 Å². The van der Waals surface area contributed by atoms with Crippen LogP contribution in [0, 0.1) is 106 Å². The molecule has 21 heteroatoms. The van der Waals surface area contributed by atoms with E-state index in [1.54, 1.807) is 34.6 Å². The fraction of sp³-hybridized carbons (Fsp3) is 0.735. The number of ether oxygens (including phenoxy) is 8. The molecule has 20 nitrogen and oxygen atoms in total. The summed E-state index contributed by atoms with van der Waals surface area (Å²) in [5, 5.41) is 19.3. The largest absolute Gasteiger partial charge is 0.458 e.